The van der Waals surface area contributed by atoms with Crippen molar-refractivity contribution in [2.75, 3.05) is 19.6 Å². The van der Waals surface area contributed by atoms with Gasteiger partial charge in [-0.25, -0.2) is 0 Å². The van der Waals surface area contributed by atoms with Gasteiger partial charge < -0.3 is 5.32 Å². The molecule has 4 aliphatic heterocycles. The highest BCUT2D eigenvalue weighted by atomic mass is 15.5. The molecule has 0 unspecified atom stereocenters. The highest BCUT2D eigenvalue weighted by Gasteiger charge is 2.48. The minimum Gasteiger partial charge on any atom is -0.301 e. The van der Waals surface area contributed by atoms with Crippen LogP contribution in [0.25, 0.3) is 0 Å². The molecule has 3 nitrogen and oxygen atoms in total. The minimum atomic E-state index is 0.711. The molecule has 1 N–H and O–H groups in total. The lowest BCUT2D eigenvalue weighted by Crippen LogP contribution is -2.72. The van der Waals surface area contributed by atoms with Crippen molar-refractivity contribution in [3.63, 3.8) is 0 Å². The van der Waals surface area contributed by atoms with Crippen molar-refractivity contribution in [2.24, 2.45) is 5.92 Å². The van der Waals surface area contributed by atoms with Gasteiger partial charge in [-0.2, -0.15) is 0 Å². The third kappa shape index (κ3) is 1.75. The zero-order chi connectivity index (χ0) is 11.9. The van der Waals surface area contributed by atoms with Gasteiger partial charge in [0.05, 0.1) is 12.3 Å². The molecule has 4 saturated heterocycles. The summed E-state index contributed by atoms with van der Waals surface area (Å²) in [5, 5.41) is 3.85. The van der Waals surface area contributed by atoms with E-state index >= 15 is 0 Å². The molecule has 0 aromatic carbocycles. The molecule has 4 fully saturated rings. The molecule has 102 valence electrons. The first-order chi connectivity index (χ1) is 8.95. The number of hydrogen-bond donors (Lipinski definition) is 1. The van der Waals surface area contributed by atoms with E-state index in [1.165, 1.54) is 71.0 Å². The van der Waals surface area contributed by atoms with E-state index in [9.17, 15) is 0 Å². The first kappa shape index (κ1) is 11.7. The van der Waals surface area contributed by atoms with Gasteiger partial charge in [-0.15, -0.1) is 0 Å². The normalized spacial score (nSPS) is 46.0. The predicted octanol–water partition coefficient (Wildman–Crippen LogP) is 1.99. The average Bonchev–Trinajstić information content (AvgIpc) is 2.48. The fraction of sp³-hybridized carbons (Fsp3) is 1.00. The molecule has 0 spiro atoms. The maximum absolute atomic E-state index is 3.85. The summed E-state index contributed by atoms with van der Waals surface area (Å²) >= 11 is 0. The SMILES string of the molecule is C1CN[C@@H]2[C@H](C1)[C@H]1CCCCN1[C@H]1CCCCN12. The Morgan fingerprint density at radius 1 is 0.778 bits per heavy atom. The van der Waals surface area contributed by atoms with E-state index in [4.69, 9.17) is 0 Å². The lowest BCUT2D eigenvalue weighted by molar-refractivity contribution is -0.146. The van der Waals surface area contributed by atoms with Gasteiger partial charge in [0.25, 0.3) is 0 Å². The monoisotopic (exact) mass is 249 g/mol. The quantitative estimate of drug-likeness (QED) is 0.708. The van der Waals surface area contributed by atoms with E-state index in [1.54, 1.807) is 0 Å². The number of piperidine rings is 3. The molecular formula is C15H27N3. The van der Waals surface area contributed by atoms with E-state index in [0.717, 1.165) is 18.1 Å². The molecule has 4 heterocycles. The maximum Gasteiger partial charge on any atom is 0.0654 e. The Morgan fingerprint density at radius 2 is 1.61 bits per heavy atom. The topological polar surface area (TPSA) is 18.5 Å². The number of nitrogens with zero attached hydrogens (tertiary/aromatic N) is 2. The first-order valence-corrected chi connectivity index (χ1v) is 8.20. The summed E-state index contributed by atoms with van der Waals surface area (Å²) in [5.74, 6) is 0.911. The second kappa shape index (κ2) is 4.77. The lowest BCUT2D eigenvalue weighted by Gasteiger charge is -2.60. The first-order valence-electron chi connectivity index (χ1n) is 8.20. The third-order valence-electron chi connectivity index (χ3n) is 5.81. The Labute approximate surface area is 111 Å². The van der Waals surface area contributed by atoms with E-state index < -0.39 is 0 Å². The fourth-order valence-corrected chi connectivity index (χ4v) is 5.09. The van der Waals surface area contributed by atoms with Crippen LogP contribution in [0.15, 0.2) is 0 Å². The Kier molecular flexibility index (Phi) is 3.10. The molecule has 0 aromatic heterocycles. The van der Waals surface area contributed by atoms with E-state index in [-0.39, 0.29) is 0 Å². The van der Waals surface area contributed by atoms with Crippen molar-refractivity contribution in [1.29, 1.82) is 0 Å². The van der Waals surface area contributed by atoms with Gasteiger partial charge >= 0.3 is 0 Å². The van der Waals surface area contributed by atoms with Crippen LogP contribution < -0.4 is 5.32 Å². The molecule has 0 bridgehead atoms. The van der Waals surface area contributed by atoms with Crippen LogP contribution in [-0.2, 0) is 0 Å². The summed E-state index contributed by atoms with van der Waals surface area (Å²) in [4.78, 5) is 5.73. The molecular weight excluding hydrogens is 222 g/mol. The molecule has 0 radical (unpaired) electrons. The molecule has 0 saturated carbocycles. The standard InChI is InChI=1S/C15H27N3/c1-3-10-17-13(7-1)12-6-5-9-16-15(12)18-11-4-2-8-14(17)18/h12-16H,1-11H2/t12-,13-,14-,15+/m1/s1. The van der Waals surface area contributed by atoms with Crippen LogP contribution >= 0.6 is 0 Å². The van der Waals surface area contributed by atoms with Crippen LogP contribution in [-0.4, -0.2) is 47.8 Å². The van der Waals surface area contributed by atoms with Crippen LogP contribution in [0.2, 0.25) is 0 Å². The summed E-state index contributed by atoms with van der Waals surface area (Å²) < 4.78 is 0. The fourth-order valence-electron chi connectivity index (χ4n) is 5.09. The Morgan fingerprint density at radius 3 is 2.56 bits per heavy atom. The van der Waals surface area contributed by atoms with Gasteiger partial charge in [-0.05, 0) is 58.0 Å². The molecule has 18 heavy (non-hydrogen) atoms. The second-order valence-electron chi connectivity index (χ2n) is 6.72. The smallest absolute Gasteiger partial charge is 0.0654 e. The van der Waals surface area contributed by atoms with Gasteiger partial charge in [-0.3, -0.25) is 9.80 Å². The predicted molar refractivity (Wildman–Crippen MR) is 73.2 cm³/mol. The van der Waals surface area contributed by atoms with E-state index in [1.807, 2.05) is 0 Å². The summed E-state index contributed by atoms with van der Waals surface area (Å²) in [7, 11) is 0. The zero-order valence-electron chi connectivity index (χ0n) is 11.5. The molecule has 4 aliphatic rings. The Balaban J connectivity index is 1.64. The summed E-state index contributed by atoms with van der Waals surface area (Å²) in [6.45, 7) is 3.95. The largest absolute Gasteiger partial charge is 0.301 e. The van der Waals surface area contributed by atoms with Gasteiger partial charge in [-0.1, -0.05) is 6.42 Å². The second-order valence-corrected chi connectivity index (χ2v) is 6.72. The number of nitrogens with one attached hydrogen (secondary N) is 1. The summed E-state index contributed by atoms with van der Waals surface area (Å²) in [6, 6.07) is 0.899. The molecule has 3 heteroatoms. The average molecular weight is 249 g/mol. The zero-order valence-corrected chi connectivity index (χ0v) is 11.5. The lowest BCUT2D eigenvalue weighted by atomic mass is 9.78. The van der Waals surface area contributed by atoms with Crippen molar-refractivity contribution in [2.45, 2.75) is 69.7 Å². The van der Waals surface area contributed by atoms with Crippen LogP contribution in [0, 0.1) is 5.92 Å². The Bertz CT molecular complexity index is 217. The summed E-state index contributed by atoms with van der Waals surface area (Å²) in [5.41, 5.74) is 0. The molecule has 0 aromatic rings. The number of hydrogen-bond acceptors (Lipinski definition) is 3. The number of fused-ring (bicyclic) bond motifs is 6. The minimum absolute atomic E-state index is 0.711. The van der Waals surface area contributed by atoms with Crippen molar-refractivity contribution >= 4 is 0 Å². The Hall–Kier alpha value is -0.120. The molecule has 0 aliphatic carbocycles. The van der Waals surface area contributed by atoms with Gasteiger partial charge in [0, 0.05) is 18.5 Å². The molecule has 4 rings (SSSR count). The van der Waals surface area contributed by atoms with Crippen molar-refractivity contribution < 1.29 is 0 Å². The van der Waals surface area contributed by atoms with Gasteiger partial charge in [0.1, 0.15) is 0 Å². The van der Waals surface area contributed by atoms with Crippen LogP contribution in [0.5, 0.6) is 0 Å². The van der Waals surface area contributed by atoms with Crippen molar-refractivity contribution in [3.8, 4) is 0 Å². The summed E-state index contributed by atoms with van der Waals surface area (Å²) in [6.07, 6.45) is 13.0. The van der Waals surface area contributed by atoms with Crippen molar-refractivity contribution in [1.82, 2.24) is 15.1 Å². The molecule has 0 amide bonds. The van der Waals surface area contributed by atoms with Crippen LogP contribution in [0.3, 0.4) is 0 Å². The van der Waals surface area contributed by atoms with Crippen LogP contribution in [0.1, 0.15) is 51.4 Å². The molecule has 4 atom stereocenters. The number of rotatable bonds is 0. The van der Waals surface area contributed by atoms with Gasteiger partial charge in [0.2, 0.25) is 0 Å². The van der Waals surface area contributed by atoms with Crippen LogP contribution in [0.4, 0.5) is 0 Å². The highest BCUT2D eigenvalue weighted by molar-refractivity contribution is 5.00. The maximum atomic E-state index is 3.85. The van der Waals surface area contributed by atoms with E-state index in [0.29, 0.717) is 6.17 Å². The van der Waals surface area contributed by atoms with Gasteiger partial charge in [0.15, 0.2) is 0 Å². The highest BCUT2D eigenvalue weighted by Crippen LogP contribution is 2.41. The third-order valence-corrected chi connectivity index (χ3v) is 5.81. The van der Waals surface area contributed by atoms with E-state index in [2.05, 4.69) is 15.1 Å². The van der Waals surface area contributed by atoms with Crippen molar-refractivity contribution in [3.05, 3.63) is 0 Å².